The Kier molecular flexibility index (Phi) is 8.03. The zero-order valence-electron chi connectivity index (χ0n) is 32.3. The average Bonchev–Trinajstić information content (AvgIpc) is 3.91. The van der Waals surface area contributed by atoms with E-state index in [-0.39, 0.29) is 0 Å². The quantitative estimate of drug-likeness (QED) is 0.169. The maximum absolute atomic E-state index is 6.81. The van der Waals surface area contributed by atoms with Crippen LogP contribution < -0.4 is 0 Å². The molecular formula is C56H34N2OS. The molecule has 0 unspecified atom stereocenters. The summed E-state index contributed by atoms with van der Waals surface area (Å²) in [6, 6.07) is 73.1. The predicted molar refractivity (Wildman–Crippen MR) is 252 cm³/mol. The average molecular weight is 783 g/mol. The number of thiophene rings is 1. The Hall–Kier alpha value is -7.66. The number of rotatable bonds is 6. The molecule has 0 saturated heterocycles. The highest BCUT2D eigenvalue weighted by Gasteiger charge is 2.20. The zero-order chi connectivity index (χ0) is 39.6. The summed E-state index contributed by atoms with van der Waals surface area (Å²) in [7, 11) is 0. The minimum atomic E-state index is 0.705. The van der Waals surface area contributed by atoms with Crippen LogP contribution in [0.4, 0.5) is 0 Å². The van der Waals surface area contributed by atoms with Crippen molar-refractivity contribution in [1.82, 2.24) is 9.97 Å². The summed E-state index contributed by atoms with van der Waals surface area (Å²) >= 11 is 1.87. The van der Waals surface area contributed by atoms with Gasteiger partial charge in [-0.1, -0.05) is 170 Å². The van der Waals surface area contributed by atoms with Gasteiger partial charge in [0.25, 0.3) is 0 Å². The van der Waals surface area contributed by atoms with Gasteiger partial charge in [0.15, 0.2) is 5.82 Å². The first-order chi connectivity index (χ1) is 29.7. The molecule has 0 radical (unpaired) electrons. The van der Waals surface area contributed by atoms with E-state index >= 15 is 0 Å². The van der Waals surface area contributed by atoms with E-state index in [0.717, 1.165) is 77.7 Å². The molecule has 60 heavy (non-hydrogen) atoms. The van der Waals surface area contributed by atoms with Gasteiger partial charge in [0, 0.05) is 58.6 Å². The third kappa shape index (κ3) is 5.72. The summed E-state index contributed by atoms with van der Waals surface area (Å²) in [5.41, 5.74) is 13.6. The van der Waals surface area contributed by atoms with E-state index < -0.39 is 0 Å². The van der Waals surface area contributed by atoms with E-state index in [2.05, 4.69) is 170 Å². The second-order valence-electron chi connectivity index (χ2n) is 15.3. The first-order valence-electron chi connectivity index (χ1n) is 20.2. The number of fused-ring (bicyclic) bond motifs is 8. The van der Waals surface area contributed by atoms with Crippen LogP contribution in [0.25, 0.3) is 120 Å². The third-order valence-electron chi connectivity index (χ3n) is 11.7. The van der Waals surface area contributed by atoms with Crippen molar-refractivity contribution in [1.29, 1.82) is 0 Å². The molecule has 0 spiro atoms. The molecule has 3 nitrogen and oxygen atoms in total. The molecule has 0 atom stereocenters. The van der Waals surface area contributed by atoms with Crippen molar-refractivity contribution in [2.45, 2.75) is 0 Å². The zero-order valence-corrected chi connectivity index (χ0v) is 33.2. The van der Waals surface area contributed by atoms with Crippen LogP contribution in [0.2, 0.25) is 0 Å². The van der Waals surface area contributed by atoms with Crippen LogP contribution in [0.5, 0.6) is 0 Å². The molecule has 4 heteroatoms. The van der Waals surface area contributed by atoms with Crippen molar-refractivity contribution in [3.63, 3.8) is 0 Å². The van der Waals surface area contributed by atoms with Gasteiger partial charge in [0.2, 0.25) is 0 Å². The lowest BCUT2D eigenvalue weighted by Gasteiger charge is -2.12. The number of hydrogen-bond acceptors (Lipinski definition) is 4. The van der Waals surface area contributed by atoms with Crippen LogP contribution >= 0.6 is 11.3 Å². The molecule has 12 rings (SSSR count). The highest BCUT2D eigenvalue weighted by molar-refractivity contribution is 7.26. The summed E-state index contributed by atoms with van der Waals surface area (Å²) in [4.78, 5) is 10.1. The number of nitrogens with zero attached hydrogens (tertiary/aromatic N) is 2. The van der Waals surface area contributed by atoms with Crippen LogP contribution in [-0.4, -0.2) is 9.97 Å². The summed E-state index contributed by atoms with van der Waals surface area (Å²) in [6.07, 6.45) is 0. The van der Waals surface area contributed by atoms with Gasteiger partial charge >= 0.3 is 0 Å². The van der Waals surface area contributed by atoms with Crippen molar-refractivity contribution in [2.24, 2.45) is 0 Å². The molecule has 0 N–H and O–H groups in total. The summed E-state index contributed by atoms with van der Waals surface area (Å²) in [6.45, 7) is 0. The topological polar surface area (TPSA) is 38.9 Å². The van der Waals surface area contributed by atoms with Crippen LogP contribution in [0.3, 0.4) is 0 Å². The van der Waals surface area contributed by atoms with Crippen LogP contribution in [-0.2, 0) is 0 Å². The normalized spacial score (nSPS) is 11.7. The smallest absolute Gasteiger partial charge is 0.160 e. The lowest BCUT2D eigenvalue weighted by Crippen LogP contribution is -1.96. The molecule has 0 saturated carbocycles. The van der Waals surface area contributed by atoms with Crippen LogP contribution in [0, 0.1) is 0 Å². The van der Waals surface area contributed by atoms with Crippen molar-refractivity contribution in [3.8, 4) is 67.3 Å². The molecule has 3 heterocycles. The highest BCUT2D eigenvalue weighted by Crippen LogP contribution is 2.46. The largest absolute Gasteiger partial charge is 0.455 e. The molecule has 0 bridgehead atoms. The van der Waals surface area contributed by atoms with Gasteiger partial charge in [0.1, 0.15) is 11.2 Å². The van der Waals surface area contributed by atoms with Crippen LogP contribution in [0.1, 0.15) is 0 Å². The summed E-state index contributed by atoms with van der Waals surface area (Å²) in [5, 5.41) is 7.14. The molecule has 0 aliphatic heterocycles. The Balaban J connectivity index is 1.00. The number of benzene rings is 9. The molecule has 9 aromatic carbocycles. The molecule has 0 aliphatic rings. The SMILES string of the molecule is c1ccc(-c2cc(-c3cccc(-c4cccc(-c5cccc6oc7c8ccccc8c(-c8cccc9c8sc8ccccc89)cc7c56)c4)c3)nc(-c3ccccc3)n2)cc1. The van der Waals surface area contributed by atoms with Crippen molar-refractivity contribution >= 4 is 64.2 Å². The Labute approximate surface area is 350 Å². The standard InChI is InChI=1S/C56H34N2OS/c1-3-15-35(16-4-1)49-34-50(58-56(57-49)36-17-5-2-6-18-36)40-22-12-20-38(32-40)37-19-11-21-39(31-37)41-26-14-29-51-53(41)48-33-47(42-23-7-8-25-44(42)54(48)59-51)46-28-13-27-45-43-24-9-10-30-52(43)60-55(45)46/h1-34H. The lowest BCUT2D eigenvalue weighted by atomic mass is 9.92. The molecule has 12 aromatic rings. The number of aromatic nitrogens is 2. The van der Waals surface area contributed by atoms with Gasteiger partial charge in [0.05, 0.1) is 11.4 Å². The van der Waals surface area contributed by atoms with Gasteiger partial charge in [-0.15, -0.1) is 11.3 Å². The van der Waals surface area contributed by atoms with Gasteiger partial charge in [-0.05, 0) is 69.6 Å². The minimum Gasteiger partial charge on any atom is -0.455 e. The predicted octanol–water partition coefficient (Wildman–Crippen LogP) is 15.9. The minimum absolute atomic E-state index is 0.705. The fourth-order valence-corrected chi connectivity index (χ4v) is 10.1. The summed E-state index contributed by atoms with van der Waals surface area (Å²) < 4.78 is 9.42. The van der Waals surface area contributed by atoms with Crippen LogP contribution in [0.15, 0.2) is 211 Å². The number of hydrogen-bond donors (Lipinski definition) is 0. The molecule has 3 aromatic heterocycles. The maximum Gasteiger partial charge on any atom is 0.160 e. The van der Waals surface area contributed by atoms with Crippen molar-refractivity contribution in [3.05, 3.63) is 206 Å². The summed E-state index contributed by atoms with van der Waals surface area (Å²) in [5.74, 6) is 0.705. The second-order valence-corrected chi connectivity index (χ2v) is 16.3. The fraction of sp³-hybridized carbons (Fsp3) is 0. The van der Waals surface area contributed by atoms with Gasteiger partial charge in [-0.2, -0.15) is 0 Å². The van der Waals surface area contributed by atoms with E-state index in [1.54, 1.807) is 0 Å². The monoisotopic (exact) mass is 782 g/mol. The molecule has 0 amide bonds. The second kappa shape index (κ2) is 14.0. The van der Waals surface area contributed by atoms with Gasteiger partial charge in [-0.25, -0.2) is 9.97 Å². The lowest BCUT2D eigenvalue weighted by molar-refractivity contribution is 0.673. The van der Waals surface area contributed by atoms with Crippen molar-refractivity contribution in [2.75, 3.05) is 0 Å². The Bertz CT molecular complexity index is 3550. The maximum atomic E-state index is 6.81. The Morgan fingerprint density at radius 3 is 1.72 bits per heavy atom. The van der Waals surface area contributed by atoms with E-state index in [1.165, 1.54) is 36.7 Å². The van der Waals surface area contributed by atoms with E-state index in [0.29, 0.717) is 5.82 Å². The van der Waals surface area contributed by atoms with Gasteiger partial charge in [-0.3, -0.25) is 0 Å². The highest BCUT2D eigenvalue weighted by atomic mass is 32.1. The Morgan fingerprint density at radius 1 is 0.350 bits per heavy atom. The molecule has 280 valence electrons. The van der Waals surface area contributed by atoms with E-state index in [4.69, 9.17) is 14.4 Å². The first kappa shape index (κ1) is 34.4. The molecular weight excluding hydrogens is 749 g/mol. The van der Waals surface area contributed by atoms with Gasteiger partial charge < -0.3 is 4.42 Å². The molecule has 0 fully saturated rings. The van der Waals surface area contributed by atoms with E-state index in [1.807, 2.05) is 47.7 Å². The number of furan rings is 1. The van der Waals surface area contributed by atoms with Crippen molar-refractivity contribution < 1.29 is 4.42 Å². The Morgan fingerprint density at radius 2 is 0.917 bits per heavy atom. The van der Waals surface area contributed by atoms with E-state index in [9.17, 15) is 0 Å². The first-order valence-corrected chi connectivity index (χ1v) is 21.0. The molecule has 0 aliphatic carbocycles. The third-order valence-corrected chi connectivity index (χ3v) is 12.9. The fourth-order valence-electron chi connectivity index (χ4n) is 8.86.